The molecule has 1 saturated heterocycles. The first-order valence-corrected chi connectivity index (χ1v) is 8.73. The Kier molecular flexibility index (Phi) is 6.25. The summed E-state index contributed by atoms with van der Waals surface area (Å²) in [4.78, 5) is 2.65. The lowest BCUT2D eigenvalue weighted by Gasteiger charge is -2.41. The minimum absolute atomic E-state index is 0.625. The van der Waals surface area contributed by atoms with Crippen LogP contribution in [0.15, 0.2) is 24.3 Å². The van der Waals surface area contributed by atoms with Crippen LogP contribution in [0.1, 0.15) is 57.6 Å². The summed E-state index contributed by atoms with van der Waals surface area (Å²) in [6.45, 7) is 12.6. The molecule has 0 bridgehead atoms. The van der Waals surface area contributed by atoms with E-state index in [2.05, 4.69) is 55.3 Å². The zero-order valence-electron chi connectivity index (χ0n) is 14.1. The van der Waals surface area contributed by atoms with E-state index in [9.17, 15) is 0 Å². The summed E-state index contributed by atoms with van der Waals surface area (Å²) in [5.41, 5.74) is 3.58. The van der Waals surface area contributed by atoms with Crippen molar-refractivity contribution in [3.05, 3.63) is 35.4 Å². The molecule has 0 amide bonds. The van der Waals surface area contributed by atoms with Crippen molar-refractivity contribution in [2.75, 3.05) is 19.6 Å². The molecule has 2 rings (SSSR count). The Morgan fingerprint density at radius 1 is 1.00 bits per heavy atom. The Labute approximate surface area is 130 Å². The van der Waals surface area contributed by atoms with E-state index < -0.39 is 0 Å². The topological polar surface area (TPSA) is 15.3 Å². The minimum atomic E-state index is 0.625. The van der Waals surface area contributed by atoms with Gasteiger partial charge in [0.1, 0.15) is 0 Å². The van der Waals surface area contributed by atoms with Crippen molar-refractivity contribution < 1.29 is 0 Å². The Morgan fingerprint density at radius 2 is 1.62 bits per heavy atom. The molecule has 1 aliphatic rings. The quantitative estimate of drug-likeness (QED) is 0.809. The number of rotatable bonds is 7. The summed E-state index contributed by atoms with van der Waals surface area (Å²) in [5.74, 6) is 0. The molecule has 1 fully saturated rings. The molecule has 1 aromatic rings. The molecule has 0 spiro atoms. The number of nitrogens with zero attached hydrogens (tertiary/aromatic N) is 1. The maximum Gasteiger partial charge on any atom is 0.0236 e. The molecule has 0 atom stereocenters. The predicted octanol–water partition coefficient (Wildman–Crippen LogP) is 4.20. The maximum atomic E-state index is 3.46. The van der Waals surface area contributed by atoms with Crippen LogP contribution in [0.25, 0.3) is 0 Å². The Morgan fingerprint density at radius 3 is 2.19 bits per heavy atom. The monoisotopic (exact) mass is 288 g/mol. The Hall–Kier alpha value is -0.860. The first kappa shape index (κ1) is 16.5. The van der Waals surface area contributed by atoms with Crippen LogP contribution in [0.3, 0.4) is 0 Å². The van der Waals surface area contributed by atoms with Crippen molar-refractivity contribution in [1.29, 1.82) is 0 Å². The highest BCUT2D eigenvalue weighted by molar-refractivity contribution is 5.27. The van der Waals surface area contributed by atoms with Crippen LogP contribution in [0.5, 0.6) is 0 Å². The summed E-state index contributed by atoms with van der Waals surface area (Å²) < 4.78 is 0. The number of nitrogens with one attached hydrogen (secondary N) is 1. The van der Waals surface area contributed by atoms with Gasteiger partial charge in [-0.2, -0.15) is 0 Å². The van der Waals surface area contributed by atoms with Crippen LogP contribution in [0.4, 0.5) is 0 Å². The van der Waals surface area contributed by atoms with E-state index in [0.717, 1.165) is 19.6 Å². The van der Waals surface area contributed by atoms with Crippen LogP contribution in [0, 0.1) is 5.41 Å². The van der Waals surface area contributed by atoms with Gasteiger partial charge >= 0.3 is 0 Å². The molecule has 2 nitrogen and oxygen atoms in total. The number of piperidine rings is 1. The average molecular weight is 288 g/mol. The zero-order valence-corrected chi connectivity index (χ0v) is 14.1. The largest absolute Gasteiger partial charge is 0.313 e. The van der Waals surface area contributed by atoms with Gasteiger partial charge in [-0.15, -0.1) is 0 Å². The Balaban J connectivity index is 1.94. The van der Waals surface area contributed by atoms with Crippen molar-refractivity contribution in [1.82, 2.24) is 10.2 Å². The van der Waals surface area contributed by atoms with E-state index >= 15 is 0 Å². The molecule has 1 aromatic carbocycles. The molecule has 0 unspecified atom stereocenters. The second-order valence-corrected chi connectivity index (χ2v) is 6.53. The highest BCUT2D eigenvalue weighted by Gasteiger charge is 2.31. The average Bonchev–Trinajstić information content (AvgIpc) is 2.55. The lowest BCUT2D eigenvalue weighted by Crippen LogP contribution is -2.39. The van der Waals surface area contributed by atoms with Gasteiger partial charge in [-0.1, -0.05) is 57.9 Å². The number of likely N-dealkylation sites (tertiary alicyclic amines) is 1. The third-order valence-electron chi connectivity index (χ3n) is 5.49. The zero-order chi connectivity index (χ0) is 15.1. The second-order valence-electron chi connectivity index (χ2n) is 6.53. The van der Waals surface area contributed by atoms with Crippen LogP contribution in [-0.4, -0.2) is 24.5 Å². The van der Waals surface area contributed by atoms with Gasteiger partial charge in [0.25, 0.3) is 0 Å². The maximum absolute atomic E-state index is 3.46. The summed E-state index contributed by atoms with van der Waals surface area (Å²) >= 11 is 0. The van der Waals surface area contributed by atoms with E-state index in [0.29, 0.717) is 5.41 Å². The van der Waals surface area contributed by atoms with Gasteiger partial charge in [-0.3, -0.25) is 4.90 Å². The van der Waals surface area contributed by atoms with Gasteiger partial charge in [0.05, 0.1) is 0 Å². The second kappa shape index (κ2) is 7.95. The van der Waals surface area contributed by atoms with E-state index in [-0.39, 0.29) is 0 Å². The van der Waals surface area contributed by atoms with E-state index in [1.54, 1.807) is 0 Å². The highest BCUT2D eigenvalue weighted by Crippen LogP contribution is 2.38. The lowest BCUT2D eigenvalue weighted by molar-refractivity contribution is 0.0907. The van der Waals surface area contributed by atoms with E-state index in [1.807, 2.05) is 0 Å². The molecule has 0 saturated carbocycles. The molecule has 0 radical (unpaired) electrons. The van der Waals surface area contributed by atoms with Gasteiger partial charge in [0, 0.05) is 13.1 Å². The molecular weight excluding hydrogens is 256 g/mol. The molecule has 2 heteroatoms. The number of benzene rings is 1. The molecule has 118 valence electrons. The fraction of sp³-hybridized carbons (Fsp3) is 0.684. The predicted molar refractivity (Wildman–Crippen MR) is 91.3 cm³/mol. The summed E-state index contributed by atoms with van der Waals surface area (Å²) in [6, 6.07) is 8.90. The molecule has 1 heterocycles. The van der Waals surface area contributed by atoms with Crippen molar-refractivity contribution in [2.24, 2.45) is 5.41 Å². The smallest absolute Gasteiger partial charge is 0.0236 e. The van der Waals surface area contributed by atoms with Crippen LogP contribution < -0.4 is 5.32 Å². The molecule has 0 aromatic heterocycles. The number of hydrogen-bond donors (Lipinski definition) is 1. The normalized spacial score (nSPS) is 18.8. The fourth-order valence-electron chi connectivity index (χ4n) is 3.53. The summed E-state index contributed by atoms with van der Waals surface area (Å²) in [6.07, 6.45) is 5.42. The van der Waals surface area contributed by atoms with Gasteiger partial charge in [-0.05, 0) is 49.0 Å². The standard InChI is InChI=1S/C19H32N2/c1-4-19(5-2)11-13-21(14-12-19)16-18-10-8-7-9-17(18)15-20-6-3/h7-10,20H,4-6,11-16H2,1-3H3. The highest BCUT2D eigenvalue weighted by atomic mass is 15.1. The Bertz CT molecular complexity index is 413. The third kappa shape index (κ3) is 4.31. The first-order valence-electron chi connectivity index (χ1n) is 8.73. The van der Waals surface area contributed by atoms with Crippen molar-refractivity contribution in [3.63, 3.8) is 0 Å². The summed E-state index contributed by atoms with van der Waals surface area (Å²) in [7, 11) is 0. The van der Waals surface area contributed by atoms with Crippen molar-refractivity contribution >= 4 is 0 Å². The van der Waals surface area contributed by atoms with Gasteiger partial charge in [0.15, 0.2) is 0 Å². The molecule has 1 aliphatic heterocycles. The van der Waals surface area contributed by atoms with Crippen molar-refractivity contribution in [3.8, 4) is 0 Å². The van der Waals surface area contributed by atoms with Gasteiger partial charge in [-0.25, -0.2) is 0 Å². The molecule has 21 heavy (non-hydrogen) atoms. The van der Waals surface area contributed by atoms with E-state index in [1.165, 1.54) is 49.9 Å². The van der Waals surface area contributed by atoms with Gasteiger partial charge in [0.2, 0.25) is 0 Å². The van der Waals surface area contributed by atoms with Crippen LogP contribution in [-0.2, 0) is 13.1 Å². The first-order chi connectivity index (χ1) is 10.2. The lowest BCUT2D eigenvalue weighted by atomic mass is 9.74. The van der Waals surface area contributed by atoms with Gasteiger partial charge < -0.3 is 5.32 Å². The molecule has 1 N–H and O–H groups in total. The number of hydrogen-bond acceptors (Lipinski definition) is 2. The van der Waals surface area contributed by atoms with Crippen molar-refractivity contribution in [2.45, 2.75) is 59.5 Å². The molecular formula is C19H32N2. The molecule has 0 aliphatic carbocycles. The third-order valence-corrected chi connectivity index (χ3v) is 5.49. The van der Waals surface area contributed by atoms with Crippen LogP contribution in [0.2, 0.25) is 0 Å². The fourth-order valence-corrected chi connectivity index (χ4v) is 3.53. The SMILES string of the molecule is CCNCc1ccccc1CN1CCC(CC)(CC)CC1. The summed E-state index contributed by atoms with van der Waals surface area (Å²) in [5, 5.41) is 3.46. The minimum Gasteiger partial charge on any atom is -0.313 e. The van der Waals surface area contributed by atoms with E-state index in [4.69, 9.17) is 0 Å². The van der Waals surface area contributed by atoms with Crippen LogP contribution >= 0.6 is 0 Å².